The number of carbonyl (C=O) groups excluding carboxylic acids is 1. The molecule has 2 fully saturated rings. The van der Waals surface area contributed by atoms with Crippen LogP contribution in [0.5, 0.6) is 0 Å². The van der Waals surface area contributed by atoms with Crippen LogP contribution in [-0.4, -0.2) is 61.1 Å². The fourth-order valence-corrected chi connectivity index (χ4v) is 3.01. The first-order valence-electron chi connectivity index (χ1n) is 7.26. The lowest BCUT2D eigenvalue weighted by molar-refractivity contribution is -0.135. The van der Waals surface area contributed by atoms with Gasteiger partial charge in [0.15, 0.2) is 0 Å². The largest absolute Gasteiger partial charge is 0.376 e. The van der Waals surface area contributed by atoms with Gasteiger partial charge in [0.2, 0.25) is 5.91 Å². The van der Waals surface area contributed by atoms with Crippen molar-refractivity contribution in [1.29, 1.82) is 0 Å². The lowest BCUT2D eigenvalue weighted by Gasteiger charge is -2.35. The Balaban J connectivity index is 1.79. The number of amides is 1. The highest BCUT2D eigenvalue weighted by Crippen LogP contribution is 2.21. The average molecular weight is 254 g/mol. The van der Waals surface area contributed by atoms with Crippen LogP contribution >= 0.6 is 0 Å². The van der Waals surface area contributed by atoms with Crippen molar-refractivity contribution >= 4 is 5.91 Å². The summed E-state index contributed by atoms with van der Waals surface area (Å²) in [5.41, 5.74) is 0. The van der Waals surface area contributed by atoms with E-state index in [1.54, 1.807) is 0 Å². The van der Waals surface area contributed by atoms with E-state index in [0.29, 0.717) is 12.6 Å². The van der Waals surface area contributed by atoms with Crippen LogP contribution < -0.4 is 0 Å². The van der Waals surface area contributed by atoms with E-state index in [4.69, 9.17) is 4.74 Å². The molecule has 1 saturated carbocycles. The summed E-state index contributed by atoms with van der Waals surface area (Å²) in [6, 6.07) is 0.477. The van der Waals surface area contributed by atoms with Gasteiger partial charge in [-0.25, -0.2) is 0 Å². The van der Waals surface area contributed by atoms with Crippen molar-refractivity contribution in [3.63, 3.8) is 0 Å². The highest BCUT2D eigenvalue weighted by atomic mass is 16.5. The van der Waals surface area contributed by atoms with Gasteiger partial charge >= 0.3 is 0 Å². The van der Waals surface area contributed by atoms with Crippen LogP contribution in [0, 0.1) is 0 Å². The minimum atomic E-state index is 0.256. The van der Waals surface area contributed by atoms with Gasteiger partial charge in [0.1, 0.15) is 0 Å². The standard InChI is InChI=1S/C14H26N2O2/c1-12-10-16(8-9-18-12)11-14(17)15(2)13-6-4-3-5-7-13/h12-13H,3-11H2,1-2H3. The zero-order valence-corrected chi connectivity index (χ0v) is 11.7. The summed E-state index contributed by atoms with van der Waals surface area (Å²) in [6.45, 7) is 5.14. The molecule has 1 aliphatic carbocycles. The van der Waals surface area contributed by atoms with Crippen LogP contribution in [-0.2, 0) is 9.53 Å². The van der Waals surface area contributed by atoms with E-state index < -0.39 is 0 Å². The van der Waals surface area contributed by atoms with Crippen molar-refractivity contribution in [3.8, 4) is 0 Å². The van der Waals surface area contributed by atoms with Gasteiger partial charge in [-0.05, 0) is 19.8 Å². The second-order valence-corrected chi connectivity index (χ2v) is 5.71. The second-order valence-electron chi connectivity index (χ2n) is 5.71. The Labute approximate surface area is 110 Å². The molecule has 0 aromatic carbocycles. The predicted octanol–water partition coefficient (Wildman–Crippen LogP) is 1.50. The highest BCUT2D eigenvalue weighted by molar-refractivity contribution is 5.78. The number of likely N-dealkylation sites (N-methyl/N-ethyl adjacent to an activating group) is 1. The van der Waals surface area contributed by atoms with Crippen molar-refractivity contribution in [2.24, 2.45) is 0 Å². The van der Waals surface area contributed by atoms with Gasteiger partial charge in [-0.15, -0.1) is 0 Å². The summed E-state index contributed by atoms with van der Waals surface area (Å²) in [5.74, 6) is 0.274. The molecule has 2 aliphatic rings. The number of morpholine rings is 1. The van der Waals surface area contributed by atoms with Crippen molar-refractivity contribution in [3.05, 3.63) is 0 Å². The van der Waals surface area contributed by atoms with E-state index >= 15 is 0 Å². The van der Waals surface area contributed by atoms with Crippen molar-refractivity contribution in [2.45, 2.75) is 51.2 Å². The molecule has 0 radical (unpaired) electrons. The second kappa shape index (κ2) is 6.53. The first kappa shape index (κ1) is 13.8. The maximum atomic E-state index is 12.3. The molecule has 2 rings (SSSR count). The summed E-state index contributed by atoms with van der Waals surface area (Å²) in [4.78, 5) is 16.5. The van der Waals surface area contributed by atoms with Gasteiger partial charge in [0, 0.05) is 26.2 Å². The molecule has 1 unspecified atom stereocenters. The fraction of sp³-hybridized carbons (Fsp3) is 0.929. The first-order valence-corrected chi connectivity index (χ1v) is 7.26. The fourth-order valence-electron chi connectivity index (χ4n) is 3.01. The van der Waals surface area contributed by atoms with Crippen LogP contribution in [0.1, 0.15) is 39.0 Å². The Morgan fingerprint density at radius 3 is 2.72 bits per heavy atom. The van der Waals surface area contributed by atoms with Crippen molar-refractivity contribution in [2.75, 3.05) is 33.3 Å². The van der Waals surface area contributed by atoms with Gasteiger partial charge < -0.3 is 9.64 Å². The van der Waals surface area contributed by atoms with Crippen LogP contribution in [0.4, 0.5) is 0 Å². The molecule has 1 heterocycles. The average Bonchev–Trinajstić information content (AvgIpc) is 2.39. The van der Waals surface area contributed by atoms with Crippen LogP contribution in [0.3, 0.4) is 0 Å². The monoisotopic (exact) mass is 254 g/mol. The molecule has 4 heteroatoms. The molecule has 104 valence electrons. The molecule has 0 bridgehead atoms. The Kier molecular flexibility index (Phi) is 5.01. The number of hydrogen-bond donors (Lipinski definition) is 0. The summed E-state index contributed by atoms with van der Waals surface area (Å²) in [5, 5.41) is 0. The minimum Gasteiger partial charge on any atom is -0.376 e. The number of carbonyl (C=O) groups is 1. The van der Waals surface area contributed by atoms with E-state index in [1.807, 2.05) is 11.9 Å². The molecule has 18 heavy (non-hydrogen) atoms. The first-order chi connectivity index (χ1) is 8.66. The molecule has 1 amide bonds. The third kappa shape index (κ3) is 3.69. The Hall–Kier alpha value is -0.610. The molecule has 0 aromatic rings. The lowest BCUT2D eigenvalue weighted by atomic mass is 9.94. The van der Waals surface area contributed by atoms with E-state index in [0.717, 1.165) is 19.7 Å². The zero-order valence-electron chi connectivity index (χ0n) is 11.7. The summed E-state index contributed by atoms with van der Waals surface area (Å²) in [6.07, 6.45) is 6.50. The van der Waals surface area contributed by atoms with E-state index in [2.05, 4.69) is 11.8 Å². The van der Waals surface area contributed by atoms with E-state index in [9.17, 15) is 4.79 Å². The quantitative estimate of drug-likeness (QED) is 0.765. The SMILES string of the molecule is CC1CN(CC(=O)N(C)C2CCCCC2)CCO1. The van der Waals surface area contributed by atoms with Crippen LogP contribution in [0.15, 0.2) is 0 Å². The topological polar surface area (TPSA) is 32.8 Å². The molecular weight excluding hydrogens is 228 g/mol. The molecule has 0 aromatic heterocycles. The Morgan fingerprint density at radius 2 is 2.06 bits per heavy atom. The molecule has 1 atom stereocenters. The summed E-state index contributed by atoms with van der Waals surface area (Å²) >= 11 is 0. The molecule has 4 nitrogen and oxygen atoms in total. The number of ether oxygens (including phenoxy) is 1. The number of hydrogen-bond acceptors (Lipinski definition) is 3. The maximum absolute atomic E-state index is 12.3. The van der Waals surface area contributed by atoms with E-state index in [1.165, 1.54) is 32.1 Å². The molecule has 1 aliphatic heterocycles. The highest BCUT2D eigenvalue weighted by Gasteiger charge is 2.25. The smallest absolute Gasteiger partial charge is 0.236 e. The van der Waals surface area contributed by atoms with Gasteiger partial charge in [-0.2, -0.15) is 0 Å². The molecular formula is C14H26N2O2. The summed E-state index contributed by atoms with van der Waals surface area (Å²) in [7, 11) is 1.97. The third-order valence-corrected chi connectivity index (χ3v) is 4.20. The molecule has 0 spiro atoms. The molecule has 0 N–H and O–H groups in total. The third-order valence-electron chi connectivity index (χ3n) is 4.20. The normalized spacial score (nSPS) is 27.1. The zero-order chi connectivity index (χ0) is 13.0. The maximum Gasteiger partial charge on any atom is 0.236 e. The number of nitrogens with zero attached hydrogens (tertiary/aromatic N) is 2. The predicted molar refractivity (Wildman–Crippen MR) is 71.5 cm³/mol. The summed E-state index contributed by atoms with van der Waals surface area (Å²) < 4.78 is 5.50. The Morgan fingerprint density at radius 1 is 1.33 bits per heavy atom. The van der Waals surface area contributed by atoms with Gasteiger partial charge in [-0.1, -0.05) is 19.3 Å². The van der Waals surface area contributed by atoms with Crippen molar-refractivity contribution < 1.29 is 9.53 Å². The Bertz CT molecular complexity index is 277. The van der Waals surface area contributed by atoms with Crippen LogP contribution in [0.25, 0.3) is 0 Å². The number of rotatable bonds is 3. The molecule has 1 saturated heterocycles. The minimum absolute atomic E-state index is 0.256. The van der Waals surface area contributed by atoms with Crippen LogP contribution in [0.2, 0.25) is 0 Å². The van der Waals surface area contributed by atoms with Gasteiger partial charge in [0.05, 0.1) is 19.3 Å². The van der Waals surface area contributed by atoms with Gasteiger partial charge in [0.25, 0.3) is 0 Å². The van der Waals surface area contributed by atoms with E-state index in [-0.39, 0.29) is 12.0 Å². The van der Waals surface area contributed by atoms with Gasteiger partial charge in [-0.3, -0.25) is 9.69 Å². The van der Waals surface area contributed by atoms with Crippen molar-refractivity contribution in [1.82, 2.24) is 9.80 Å². The lowest BCUT2D eigenvalue weighted by Crippen LogP contribution is -2.48.